The number of ether oxygens (including phenoxy) is 1. The minimum atomic E-state index is -3.97. The highest BCUT2D eigenvalue weighted by Crippen LogP contribution is 2.23. The lowest BCUT2D eigenvalue weighted by atomic mass is 10.2. The van der Waals surface area contributed by atoms with Gasteiger partial charge in [0.05, 0.1) is 38.7 Å². The van der Waals surface area contributed by atoms with Gasteiger partial charge in [0.2, 0.25) is 5.51 Å². The van der Waals surface area contributed by atoms with Crippen LogP contribution in [0, 0.1) is 27.2 Å². The number of hydrogen-bond acceptors (Lipinski definition) is 9. The number of carbonyl (C=O) groups excluding carboxylic acids is 1. The maximum Gasteiger partial charge on any atom is 0.338 e. The minimum Gasteiger partial charge on any atom is -0.462 e. The fourth-order valence-corrected chi connectivity index (χ4v) is 4.30. The zero-order valence-electron chi connectivity index (χ0n) is 16.4. The number of esters is 1. The predicted molar refractivity (Wildman–Crippen MR) is 109 cm³/mol. The predicted octanol–water partition coefficient (Wildman–Crippen LogP) is 2.23. The van der Waals surface area contributed by atoms with Crippen LogP contribution in [0.1, 0.15) is 33.8 Å². The van der Waals surface area contributed by atoms with Crippen LogP contribution < -0.4 is 4.57 Å². The summed E-state index contributed by atoms with van der Waals surface area (Å²) in [7, 11) is -3.97. The van der Waals surface area contributed by atoms with Crippen LogP contribution in [0.5, 0.6) is 0 Å². The van der Waals surface area contributed by atoms with E-state index in [1.54, 1.807) is 0 Å². The van der Waals surface area contributed by atoms with Gasteiger partial charge < -0.3 is 4.74 Å². The lowest BCUT2D eigenvalue weighted by molar-refractivity contribution is -0.698. The van der Waals surface area contributed by atoms with Crippen molar-refractivity contribution in [3.63, 3.8) is 0 Å². The number of nitrogens with zero attached hydrogens (tertiary/aromatic N) is 3. The van der Waals surface area contributed by atoms with Crippen LogP contribution >= 0.6 is 11.3 Å². The number of hydrogen-bond donors (Lipinski definition) is 1. The third-order valence-corrected chi connectivity index (χ3v) is 6.28. The average Bonchev–Trinajstić information content (AvgIpc) is 3.03. The van der Waals surface area contributed by atoms with E-state index in [2.05, 4.69) is 0 Å². The van der Waals surface area contributed by atoms with E-state index in [9.17, 15) is 33.4 Å². The van der Waals surface area contributed by atoms with E-state index in [-0.39, 0.29) is 17.9 Å². The van der Waals surface area contributed by atoms with Gasteiger partial charge in [0.25, 0.3) is 21.5 Å². The third-order valence-electron chi connectivity index (χ3n) is 4.33. The maximum absolute atomic E-state index is 12.2. The first-order valence-electron chi connectivity index (χ1n) is 9.00. The molecule has 1 N–H and O–H groups in total. The normalized spacial score (nSPS) is 11.3. The first-order valence-corrected chi connectivity index (χ1v) is 11.5. The molecule has 0 saturated heterocycles. The lowest BCUT2D eigenvalue weighted by Crippen LogP contribution is -2.34. The number of thiazole rings is 1. The Morgan fingerprint density at radius 2 is 1.77 bits per heavy atom. The summed E-state index contributed by atoms with van der Waals surface area (Å²) in [5.74, 6) is -1.20. The third kappa shape index (κ3) is 7.34. The van der Waals surface area contributed by atoms with Gasteiger partial charge in [0.15, 0.2) is 5.69 Å². The molecule has 14 heteroatoms. The van der Waals surface area contributed by atoms with Crippen LogP contribution in [0.15, 0.2) is 23.7 Å². The van der Waals surface area contributed by atoms with Crippen LogP contribution in [0.2, 0.25) is 0 Å². The quantitative estimate of drug-likeness (QED) is 0.128. The number of carbonyl (C=O) groups is 1. The van der Waals surface area contributed by atoms with Crippen molar-refractivity contribution in [3.05, 3.63) is 60.1 Å². The van der Waals surface area contributed by atoms with E-state index in [1.807, 2.05) is 17.0 Å². The Morgan fingerprint density at radius 3 is 2.32 bits per heavy atom. The molecular weight excluding hydrogens is 454 g/mol. The fourth-order valence-electron chi connectivity index (χ4n) is 2.72. The van der Waals surface area contributed by atoms with Crippen molar-refractivity contribution in [2.75, 3.05) is 12.4 Å². The van der Waals surface area contributed by atoms with Crippen LogP contribution in [0.25, 0.3) is 0 Å². The average molecular weight is 474 g/mol. The molecule has 0 atom stereocenters. The molecule has 0 aliphatic heterocycles. The fraction of sp³-hybridized carbons (Fsp3) is 0.412. The molecule has 0 aliphatic carbocycles. The van der Waals surface area contributed by atoms with Crippen molar-refractivity contribution in [2.45, 2.75) is 32.7 Å². The number of unbranched alkanes of at least 4 members (excludes halogenated alkanes) is 1. The van der Waals surface area contributed by atoms with Crippen molar-refractivity contribution >= 4 is 38.8 Å². The Balaban J connectivity index is 1.94. The molecule has 31 heavy (non-hydrogen) atoms. The van der Waals surface area contributed by atoms with Crippen LogP contribution in [0.4, 0.5) is 11.4 Å². The van der Waals surface area contributed by atoms with E-state index in [0.29, 0.717) is 25.8 Å². The standard InChI is InChI=1S/C17H19N3O9S2/c1-12-16(30-11-18(12)5-2-3-7-31(26,27)28)4-6-29-17(21)13-8-14(19(22)23)10-15(9-13)20(24)25/h8-11H,2-7H2,1H3/p+1. The lowest BCUT2D eigenvalue weighted by Gasteiger charge is -2.04. The second-order valence-corrected chi connectivity index (χ2v) is 9.07. The number of nitro benzene ring substituents is 2. The van der Waals surface area contributed by atoms with Gasteiger partial charge in [-0.1, -0.05) is 11.3 Å². The molecule has 0 radical (unpaired) electrons. The summed E-state index contributed by atoms with van der Waals surface area (Å²) in [4.78, 5) is 33.3. The van der Waals surface area contributed by atoms with Gasteiger partial charge in [-0.05, 0) is 6.42 Å². The topological polar surface area (TPSA) is 171 Å². The molecule has 12 nitrogen and oxygen atoms in total. The summed E-state index contributed by atoms with van der Waals surface area (Å²) in [6.45, 7) is 2.40. The number of aryl methyl sites for hydroxylation is 1. The Hall–Kier alpha value is -2.97. The van der Waals surface area contributed by atoms with Crippen molar-refractivity contribution < 1.29 is 36.9 Å². The van der Waals surface area contributed by atoms with E-state index in [1.165, 1.54) is 11.3 Å². The summed E-state index contributed by atoms with van der Waals surface area (Å²) in [5, 5.41) is 21.8. The monoisotopic (exact) mass is 474 g/mol. The molecule has 0 saturated carbocycles. The number of nitro groups is 2. The van der Waals surface area contributed by atoms with Crippen molar-refractivity contribution in [3.8, 4) is 0 Å². The molecule has 0 fully saturated rings. The van der Waals surface area contributed by atoms with Gasteiger partial charge >= 0.3 is 5.97 Å². The highest BCUT2D eigenvalue weighted by molar-refractivity contribution is 7.85. The van der Waals surface area contributed by atoms with Gasteiger partial charge in [-0.25, -0.2) is 4.79 Å². The summed E-state index contributed by atoms with van der Waals surface area (Å²) >= 11 is 1.43. The minimum absolute atomic E-state index is 0.0283. The number of non-ortho nitro benzene ring substituents is 2. The van der Waals surface area contributed by atoms with Crippen molar-refractivity contribution in [1.29, 1.82) is 0 Å². The van der Waals surface area contributed by atoms with Gasteiger partial charge in [0, 0.05) is 31.9 Å². The molecule has 1 aromatic heterocycles. The first-order chi connectivity index (χ1) is 14.5. The van der Waals surface area contributed by atoms with Gasteiger partial charge in [-0.3, -0.25) is 24.8 Å². The number of aromatic nitrogens is 1. The molecule has 2 rings (SSSR count). The van der Waals surface area contributed by atoms with E-state index >= 15 is 0 Å². The second-order valence-electron chi connectivity index (χ2n) is 6.56. The van der Waals surface area contributed by atoms with Gasteiger partial charge in [0.1, 0.15) is 6.54 Å². The van der Waals surface area contributed by atoms with Crippen LogP contribution in [-0.4, -0.2) is 41.1 Å². The van der Waals surface area contributed by atoms with E-state index in [0.717, 1.165) is 28.8 Å². The Labute approximate surface area is 181 Å². The highest BCUT2D eigenvalue weighted by Gasteiger charge is 2.21. The van der Waals surface area contributed by atoms with E-state index < -0.39 is 37.3 Å². The highest BCUT2D eigenvalue weighted by atomic mass is 32.2. The number of rotatable bonds is 11. The van der Waals surface area contributed by atoms with Crippen molar-refractivity contribution in [1.82, 2.24) is 0 Å². The Kier molecular flexibility index (Phi) is 8.13. The SMILES string of the molecule is Cc1c(CCOC(=O)c2cc([N+](=O)[O-])cc([N+](=O)[O-])c2)sc[n+]1CCCCS(=O)(=O)O. The smallest absolute Gasteiger partial charge is 0.338 e. The summed E-state index contributed by atoms with van der Waals surface area (Å²) in [6, 6.07) is 2.61. The zero-order valence-corrected chi connectivity index (χ0v) is 18.1. The molecule has 0 aliphatic rings. The molecule has 2 aromatic rings. The second kappa shape index (κ2) is 10.4. The Morgan fingerprint density at radius 1 is 1.16 bits per heavy atom. The van der Waals surface area contributed by atoms with Gasteiger partial charge in [-0.15, -0.1) is 0 Å². The maximum atomic E-state index is 12.2. The van der Waals surface area contributed by atoms with Crippen molar-refractivity contribution in [2.24, 2.45) is 0 Å². The molecule has 0 bridgehead atoms. The zero-order chi connectivity index (χ0) is 23.2. The first kappa shape index (κ1) is 24.3. The summed E-state index contributed by atoms with van der Waals surface area (Å²) in [5.41, 5.74) is 1.33. The van der Waals surface area contributed by atoms with Crippen LogP contribution in [0.3, 0.4) is 0 Å². The summed E-state index contributed by atoms with van der Waals surface area (Å²) in [6.07, 6.45) is 1.25. The van der Waals surface area contributed by atoms with Gasteiger partial charge in [-0.2, -0.15) is 13.0 Å². The Bertz CT molecular complexity index is 1060. The summed E-state index contributed by atoms with van der Waals surface area (Å²) < 4.78 is 37.3. The largest absolute Gasteiger partial charge is 0.462 e. The van der Waals surface area contributed by atoms with Crippen LogP contribution in [-0.2, 0) is 27.8 Å². The molecule has 0 unspecified atom stereocenters. The molecule has 0 spiro atoms. The molecule has 1 aromatic carbocycles. The van der Waals surface area contributed by atoms with E-state index in [4.69, 9.17) is 9.29 Å². The molecular formula is C17H20N3O9S2+. The molecule has 0 amide bonds. The molecule has 168 valence electrons. The number of benzene rings is 1. The molecule has 1 heterocycles.